The van der Waals surface area contributed by atoms with E-state index in [9.17, 15) is 4.79 Å². The Labute approximate surface area is 124 Å². The highest BCUT2D eigenvalue weighted by atomic mass is 16.3. The first-order chi connectivity index (χ1) is 10.1. The molecule has 2 rings (SSSR count). The molecular weight excluding hydrogens is 266 g/mol. The molecule has 2 N–H and O–H groups in total. The lowest BCUT2D eigenvalue weighted by Gasteiger charge is -2.22. The zero-order valence-electron chi connectivity index (χ0n) is 12.6. The predicted octanol–water partition coefficient (Wildman–Crippen LogP) is 3.01. The summed E-state index contributed by atoms with van der Waals surface area (Å²) < 4.78 is 5.41. The molecule has 1 heterocycles. The molecule has 2 aromatic rings. The Kier molecular flexibility index (Phi) is 5.00. The van der Waals surface area contributed by atoms with Crippen molar-refractivity contribution in [2.75, 3.05) is 26.0 Å². The number of amides is 2. The Hall–Kier alpha value is -2.27. The molecule has 2 amide bonds. The molecule has 0 saturated heterocycles. The zero-order chi connectivity index (χ0) is 15.2. The first-order valence-corrected chi connectivity index (χ1v) is 6.87. The molecule has 0 aliphatic heterocycles. The molecule has 0 radical (unpaired) electrons. The predicted molar refractivity (Wildman–Crippen MR) is 83.3 cm³/mol. The lowest BCUT2D eigenvalue weighted by Crippen LogP contribution is -2.36. The minimum atomic E-state index is -0.223. The maximum Gasteiger partial charge on any atom is 0.319 e. The van der Waals surface area contributed by atoms with Gasteiger partial charge in [0.2, 0.25) is 0 Å². The third-order valence-electron chi connectivity index (χ3n) is 3.23. The molecule has 1 atom stereocenters. The summed E-state index contributed by atoms with van der Waals surface area (Å²) in [6.45, 7) is 2.46. The number of nitrogens with zero attached hydrogens (tertiary/aromatic N) is 1. The minimum Gasteiger partial charge on any atom is -0.468 e. The summed E-state index contributed by atoms with van der Waals surface area (Å²) in [5.74, 6) is 0.829. The topological polar surface area (TPSA) is 57.5 Å². The summed E-state index contributed by atoms with van der Waals surface area (Å²) in [6, 6.07) is 11.2. The van der Waals surface area contributed by atoms with E-state index in [4.69, 9.17) is 4.42 Å². The Morgan fingerprint density at radius 2 is 2.10 bits per heavy atom. The highest BCUT2D eigenvalue weighted by Gasteiger charge is 2.17. The van der Waals surface area contributed by atoms with Crippen LogP contribution in [-0.4, -0.2) is 31.6 Å². The Balaban J connectivity index is 1.90. The summed E-state index contributed by atoms with van der Waals surface area (Å²) in [5, 5.41) is 5.69. The van der Waals surface area contributed by atoms with Gasteiger partial charge in [-0.25, -0.2) is 4.79 Å². The Bertz CT molecular complexity index is 579. The van der Waals surface area contributed by atoms with E-state index >= 15 is 0 Å². The number of nitrogens with one attached hydrogen (secondary N) is 2. The number of likely N-dealkylation sites (N-methyl/N-ethyl adjacent to an activating group) is 1. The molecule has 0 aliphatic rings. The van der Waals surface area contributed by atoms with Gasteiger partial charge in [0.05, 0.1) is 12.3 Å². The molecule has 0 spiro atoms. The van der Waals surface area contributed by atoms with Crippen molar-refractivity contribution in [1.29, 1.82) is 0 Å². The normalized spacial score (nSPS) is 12.2. The van der Waals surface area contributed by atoms with Gasteiger partial charge >= 0.3 is 6.03 Å². The summed E-state index contributed by atoms with van der Waals surface area (Å²) in [4.78, 5) is 14.0. The summed E-state index contributed by atoms with van der Waals surface area (Å²) in [7, 11) is 3.90. The largest absolute Gasteiger partial charge is 0.468 e. The Morgan fingerprint density at radius 3 is 2.71 bits per heavy atom. The maximum absolute atomic E-state index is 11.9. The van der Waals surface area contributed by atoms with Crippen molar-refractivity contribution in [3.05, 3.63) is 54.0 Å². The molecular formula is C16H21N3O2. The molecule has 21 heavy (non-hydrogen) atoms. The van der Waals surface area contributed by atoms with E-state index in [-0.39, 0.29) is 12.1 Å². The number of rotatable bonds is 5. The molecule has 0 aliphatic carbocycles. The van der Waals surface area contributed by atoms with E-state index in [0.29, 0.717) is 6.54 Å². The second kappa shape index (κ2) is 6.95. The van der Waals surface area contributed by atoms with Crippen LogP contribution >= 0.6 is 0 Å². The second-order valence-electron chi connectivity index (χ2n) is 5.20. The van der Waals surface area contributed by atoms with E-state index < -0.39 is 0 Å². The number of benzene rings is 1. The van der Waals surface area contributed by atoms with E-state index in [1.807, 2.05) is 62.3 Å². The van der Waals surface area contributed by atoms with Crippen molar-refractivity contribution in [2.24, 2.45) is 0 Å². The smallest absolute Gasteiger partial charge is 0.319 e. The Morgan fingerprint density at radius 1 is 1.29 bits per heavy atom. The van der Waals surface area contributed by atoms with Gasteiger partial charge in [0, 0.05) is 12.2 Å². The van der Waals surface area contributed by atoms with Crippen molar-refractivity contribution in [1.82, 2.24) is 10.2 Å². The fourth-order valence-electron chi connectivity index (χ4n) is 2.11. The summed E-state index contributed by atoms with van der Waals surface area (Å²) >= 11 is 0. The molecule has 0 bridgehead atoms. The van der Waals surface area contributed by atoms with E-state index in [1.165, 1.54) is 0 Å². The second-order valence-corrected chi connectivity index (χ2v) is 5.20. The first-order valence-electron chi connectivity index (χ1n) is 6.87. The maximum atomic E-state index is 11.9. The highest BCUT2D eigenvalue weighted by molar-refractivity contribution is 5.89. The van der Waals surface area contributed by atoms with Crippen LogP contribution in [0.15, 0.2) is 47.1 Å². The van der Waals surface area contributed by atoms with Gasteiger partial charge in [-0.3, -0.25) is 4.90 Å². The number of carbonyl (C=O) groups excluding carboxylic acids is 1. The van der Waals surface area contributed by atoms with Gasteiger partial charge in [-0.1, -0.05) is 12.1 Å². The van der Waals surface area contributed by atoms with Gasteiger partial charge in [0.1, 0.15) is 5.76 Å². The number of carbonyl (C=O) groups is 1. The van der Waals surface area contributed by atoms with Gasteiger partial charge in [0.25, 0.3) is 0 Å². The number of anilines is 1. The van der Waals surface area contributed by atoms with Gasteiger partial charge in [-0.05, 0) is 50.8 Å². The molecule has 0 saturated carbocycles. The monoisotopic (exact) mass is 287 g/mol. The van der Waals surface area contributed by atoms with Crippen LogP contribution in [0.4, 0.5) is 10.5 Å². The van der Waals surface area contributed by atoms with Crippen LogP contribution in [0.3, 0.4) is 0 Å². The van der Waals surface area contributed by atoms with Crippen molar-refractivity contribution in [3.8, 4) is 0 Å². The minimum absolute atomic E-state index is 0.00302. The van der Waals surface area contributed by atoms with Crippen LogP contribution in [0.25, 0.3) is 0 Å². The zero-order valence-corrected chi connectivity index (χ0v) is 12.6. The fourth-order valence-corrected chi connectivity index (χ4v) is 2.11. The van der Waals surface area contributed by atoms with Crippen LogP contribution < -0.4 is 10.6 Å². The molecule has 1 aromatic carbocycles. The van der Waals surface area contributed by atoms with Crippen LogP contribution in [0.5, 0.6) is 0 Å². The third kappa shape index (κ3) is 4.36. The third-order valence-corrected chi connectivity index (χ3v) is 3.23. The molecule has 5 heteroatoms. The van der Waals surface area contributed by atoms with Crippen molar-refractivity contribution < 1.29 is 9.21 Å². The van der Waals surface area contributed by atoms with Crippen molar-refractivity contribution >= 4 is 11.7 Å². The number of furan rings is 1. The molecule has 1 unspecified atom stereocenters. The average Bonchev–Trinajstić information content (AvgIpc) is 2.92. The first kappa shape index (κ1) is 15.1. The number of hydrogen-bond acceptors (Lipinski definition) is 3. The van der Waals surface area contributed by atoms with E-state index in [1.54, 1.807) is 6.26 Å². The van der Waals surface area contributed by atoms with Crippen LogP contribution in [0, 0.1) is 6.92 Å². The quantitative estimate of drug-likeness (QED) is 0.888. The van der Waals surface area contributed by atoms with Gasteiger partial charge < -0.3 is 15.1 Å². The molecule has 5 nitrogen and oxygen atoms in total. The van der Waals surface area contributed by atoms with Crippen LogP contribution in [-0.2, 0) is 0 Å². The fraction of sp³-hybridized carbons (Fsp3) is 0.312. The van der Waals surface area contributed by atoms with Crippen molar-refractivity contribution in [2.45, 2.75) is 13.0 Å². The number of aryl methyl sites for hydroxylation is 1. The van der Waals surface area contributed by atoms with Crippen LogP contribution in [0.1, 0.15) is 17.4 Å². The lowest BCUT2D eigenvalue weighted by molar-refractivity contribution is 0.233. The van der Waals surface area contributed by atoms with Gasteiger partial charge in [-0.15, -0.1) is 0 Å². The molecule has 1 aromatic heterocycles. The molecule has 0 fully saturated rings. The average molecular weight is 287 g/mol. The lowest BCUT2D eigenvalue weighted by atomic mass is 10.2. The molecule has 112 valence electrons. The summed E-state index contributed by atoms with van der Waals surface area (Å²) in [5.41, 5.74) is 1.89. The van der Waals surface area contributed by atoms with Crippen LogP contribution in [0.2, 0.25) is 0 Å². The SMILES string of the molecule is Cc1cccc(NC(=O)NCC(c2ccco2)N(C)C)c1. The van der Waals surface area contributed by atoms with Crippen molar-refractivity contribution in [3.63, 3.8) is 0 Å². The van der Waals surface area contributed by atoms with E-state index in [0.717, 1.165) is 17.0 Å². The summed E-state index contributed by atoms with van der Waals surface area (Å²) in [6.07, 6.45) is 1.64. The number of urea groups is 1. The highest BCUT2D eigenvalue weighted by Crippen LogP contribution is 2.17. The van der Waals surface area contributed by atoms with Gasteiger partial charge in [0.15, 0.2) is 0 Å². The van der Waals surface area contributed by atoms with E-state index in [2.05, 4.69) is 10.6 Å². The standard InChI is InChI=1S/C16H21N3O2/c1-12-6-4-7-13(10-12)18-16(20)17-11-14(19(2)3)15-8-5-9-21-15/h4-10,14H,11H2,1-3H3,(H2,17,18,20). The van der Waals surface area contributed by atoms with Gasteiger partial charge in [-0.2, -0.15) is 0 Å². The number of hydrogen-bond donors (Lipinski definition) is 2.